The average molecular weight is 348 g/mol. The summed E-state index contributed by atoms with van der Waals surface area (Å²) in [4.78, 5) is 2.22. The Bertz CT molecular complexity index is 597. The quantitative estimate of drug-likeness (QED) is 0.867. The standard InChI is InChI=1S/C20H25NO2.ClH/c22-15-19(21-13-5-2-6-14-21)20(23)18-11-9-17(10-12-18)16-7-3-1-4-8-16;/h1,3-4,7-12,19-20,22-23H,2,5-6,13-15H2;1H. The van der Waals surface area contributed by atoms with E-state index in [-0.39, 0.29) is 25.1 Å². The van der Waals surface area contributed by atoms with E-state index in [9.17, 15) is 10.2 Å². The molecule has 1 aliphatic heterocycles. The van der Waals surface area contributed by atoms with Gasteiger partial charge in [-0.05, 0) is 42.6 Å². The fourth-order valence-electron chi connectivity index (χ4n) is 3.39. The van der Waals surface area contributed by atoms with E-state index in [0.29, 0.717) is 0 Å². The van der Waals surface area contributed by atoms with Crippen molar-refractivity contribution in [2.75, 3.05) is 19.7 Å². The van der Waals surface area contributed by atoms with Crippen molar-refractivity contribution < 1.29 is 10.2 Å². The van der Waals surface area contributed by atoms with E-state index in [1.54, 1.807) is 0 Å². The smallest absolute Gasteiger partial charge is 0.0967 e. The van der Waals surface area contributed by atoms with Crippen LogP contribution in [0.25, 0.3) is 11.1 Å². The highest BCUT2D eigenvalue weighted by Gasteiger charge is 2.27. The number of hydrogen-bond acceptors (Lipinski definition) is 3. The van der Waals surface area contributed by atoms with Crippen molar-refractivity contribution in [1.82, 2.24) is 4.90 Å². The molecule has 0 aliphatic carbocycles. The Morgan fingerprint density at radius 2 is 1.42 bits per heavy atom. The molecule has 0 amide bonds. The maximum Gasteiger partial charge on any atom is 0.0967 e. The van der Waals surface area contributed by atoms with Gasteiger partial charge in [-0.2, -0.15) is 0 Å². The molecule has 0 radical (unpaired) electrons. The molecule has 2 N–H and O–H groups in total. The fraction of sp³-hybridized carbons (Fsp3) is 0.400. The summed E-state index contributed by atoms with van der Waals surface area (Å²) in [6, 6.07) is 18.0. The molecule has 1 fully saturated rings. The second kappa shape index (κ2) is 9.19. The van der Waals surface area contributed by atoms with E-state index in [1.807, 2.05) is 42.5 Å². The zero-order valence-corrected chi connectivity index (χ0v) is 14.7. The zero-order valence-electron chi connectivity index (χ0n) is 13.8. The Morgan fingerprint density at radius 3 is 2.00 bits per heavy atom. The molecule has 3 nitrogen and oxygen atoms in total. The van der Waals surface area contributed by atoms with Crippen molar-refractivity contribution in [3.05, 3.63) is 60.2 Å². The summed E-state index contributed by atoms with van der Waals surface area (Å²) >= 11 is 0. The first kappa shape index (κ1) is 18.9. The van der Waals surface area contributed by atoms with E-state index in [1.165, 1.54) is 12.0 Å². The zero-order chi connectivity index (χ0) is 16.1. The SMILES string of the molecule is Cl.OCC(C(O)c1ccc(-c2ccccc2)cc1)N1CCCCC1. The van der Waals surface area contributed by atoms with Gasteiger partial charge in [0, 0.05) is 0 Å². The van der Waals surface area contributed by atoms with Gasteiger partial charge in [0.05, 0.1) is 18.8 Å². The number of hydrogen-bond donors (Lipinski definition) is 2. The fourth-order valence-corrected chi connectivity index (χ4v) is 3.39. The highest BCUT2D eigenvalue weighted by Crippen LogP contribution is 2.26. The lowest BCUT2D eigenvalue weighted by Crippen LogP contribution is -2.45. The van der Waals surface area contributed by atoms with Crippen LogP contribution in [0.4, 0.5) is 0 Å². The molecule has 1 saturated heterocycles. The summed E-state index contributed by atoms with van der Waals surface area (Å²) in [6.07, 6.45) is 2.89. The first-order valence-electron chi connectivity index (χ1n) is 8.48. The second-order valence-corrected chi connectivity index (χ2v) is 6.28. The lowest BCUT2D eigenvalue weighted by molar-refractivity contribution is 0.00597. The van der Waals surface area contributed by atoms with Crippen LogP contribution in [0.3, 0.4) is 0 Å². The Morgan fingerprint density at radius 1 is 0.833 bits per heavy atom. The Hall–Kier alpha value is -1.39. The van der Waals surface area contributed by atoms with Gasteiger partial charge in [-0.15, -0.1) is 12.4 Å². The Balaban J connectivity index is 0.00000208. The maximum absolute atomic E-state index is 10.7. The number of benzene rings is 2. The lowest BCUT2D eigenvalue weighted by Gasteiger charge is -2.36. The third kappa shape index (κ3) is 4.37. The minimum absolute atomic E-state index is 0. The van der Waals surface area contributed by atoms with Gasteiger partial charge in [0.1, 0.15) is 0 Å². The van der Waals surface area contributed by atoms with Gasteiger partial charge in [-0.1, -0.05) is 61.0 Å². The molecule has 2 unspecified atom stereocenters. The largest absolute Gasteiger partial charge is 0.395 e. The topological polar surface area (TPSA) is 43.7 Å². The Labute approximate surface area is 150 Å². The molecule has 2 aromatic rings. The summed E-state index contributed by atoms with van der Waals surface area (Å²) in [6.45, 7) is 1.91. The summed E-state index contributed by atoms with van der Waals surface area (Å²) < 4.78 is 0. The van der Waals surface area contributed by atoms with Crippen LogP contribution in [0.15, 0.2) is 54.6 Å². The molecule has 0 spiro atoms. The highest BCUT2D eigenvalue weighted by molar-refractivity contribution is 5.85. The summed E-state index contributed by atoms with van der Waals surface area (Å²) in [7, 11) is 0. The van der Waals surface area contributed by atoms with E-state index in [2.05, 4.69) is 17.0 Å². The summed E-state index contributed by atoms with van der Waals surface area (Å²) in [5.74, 6) is 0. The van der Waals surface area contributed by atoms with Crippen LogP contribution < -0.4 is 0 Å². The summed E-state index contributed by atoms with van der Waals surface area (Å²) in [5, 5.41) is 20.4. The van der Waals surface area contributed by atoms with Crippen molar-refractivity contribution in [3.63, 3.8) is 0 Å². The molecule has 130 valence electrons. The van der Waals surface area contributed by atoms with Gasteiger partial charge in [-0.3, -0.25) is 4.90 Å². The molecule has 0 saturated carbocycles. The van der Waals surface area contributed by atoms with Crippen molar-refractivity contribution in [2.24, 2.45) is 0 Å². The van der Waals surface area contributed by atoms with E-state index >= 15 is 0 Å². The number of aliphatic hydroxyl groups is 2. The van der Waals surface area contributed by atoms with Crippen molar-refractivity contribution in [3.8, 4) is 11.1 Å². The monoisotopic (exact) mass is 347 g/mol. The number of halogens is 1. The lowest BCUT2D eigenvalue weighted by atomic mass is 9.96. The van der Waals surface area contributed by atoms with Gasteiger partial charge < -0.3 is 10.2 Å². The van der Waals surface area contributed by atoms with Crippen LogP contribution in [0, 0.1) is 0 Å². The third-order valence-electron chi connectivity index (χ3n) is 4.77. The van der Waals surface area contributed by atoms with Gasteiger partial charge in [-0.25, -0.2) is 0 Å². The normalized spacial score (nSPS) is 17.8. The number of likely N-dealkylation sites (tertiary alicyclic amines) is 1. The van der Waals surface area contributed by atoms with Crippen molar-refractivity contribution >= 4 is 12.4 Å². The summed E-state index contributed by atoms with van der Waals surface area (Å²) in [5.41, 5.74) is 3.18. The van der Waals surface area contributed by atoms with Crippen LogP contribution in [0.2, 0.25) is 0 Å². The maximum atomic E-state index is 10.7. The predicted octanol–water partition coefficient (Wildman–Crippen LogP) is 3.66. The number of rotatable bonds is 5. The van der Waals surface area contributed by atoms with E-state index in [4.69, 9.17) is 0 Å². The number of piperidine rings is 1. The first-order valence-corrected chi connectivity index (χ1v) is 8.48. The van der Waals surface area contributed by atoms with Gasteiger partial charge in [0.2, 0.25) is 0 Å². The van der Waals surface area contributed by atoms with E-state index in [0.717, 1.165) is 37.1 Å². The minimum Gasteiger partial charge on any atom is -0.395 e. The molecule has 1 aliphatic rings. The van der Waals surface area contributed by atoms with Gasteiger partial charge in [0.25, 0.3) is 0 Å². The molecular weight excluding hydrogens is 322 g/mol. The van der Waals surface area contributed by atoms with E-state index < -0.39 is 6.10 Å². The molecular formula is C20H26ClNO2. The average Bonchev–Trinajstić information content (AvgIpc) is 2.64. The van der Waals surface area contributed by atoms with Crippen molar-refractivity contribution in [1.29, 1.82) is 0 Å². The van der Waals surface area contributed by atoms with Crippen LogP contribution in [-0.2, 0) is 0 Å². The van der Waals surface area contributed by atoms with Gasteiger partial charge >= 0.3 is 0 Å². The Kier molecular flexibility index (Phi) is 7.25. The minimum atomic E-state index is -0.650. The number of nitrogens with zero attached hydrogens (tertiary/aromatic N) is 1. The molecule has 0 aromatic heterocycles. The molecule has 4 heteroatoms. The van der Waals surface area contributed by atoms with Crippen LogP contribution in [0.1, 0.15) is 30.9 Å². The third-order valence-corrected chi connectivity index (χ3v) is 4.77. The van der Waals surface area contributed by atoms with Crippen LogP contribution >= 0.6 is 12.4 Å². The highest BCUT2D eigenvalue weighted by atomic mass is 35.5. The van der Waals surface area contributed by atoms with Crippen LogP contribution in [-0.4, -0.2) is 40.9 Å². The predicted molar refractivity (Wildman–Crippen MR) is 100 cm³/mol. The second-order valence-electron chi connectivity index (χ2n) is 6.28. The van der Waals surface area contributed by atoms with Gasteiger partial charge in [0.15, 0.2) is 0 Å². The molecule has 0 bridgehead atoms. The first-order chi connectivity index (χ1) is 11.3. The molecule has 1 heterocycles. The molecule has 2 aromatic carbocycles. The molecule has 3 rings (SSSR count). The number of aliphatic hydroxyl groups excluding tert-OH is 2. The van der Waals surface area contributed by atoms with Crippen LogP contribution in [0.5, 0.6) is 0 Å². The molecule has 24 heavy (non-hydrogen) atoms. The van der Waals surface area contributed by atoms with Crippen molar-refractivity contribution in [2.45, 2.75) is 31.4 Å². The molecule has 2 atom stereocenters.